The largest absolute Gasteiger partial charge is 0.481 e. The fourth-order valence-electron chi connectivity index (χ4n) is 1.93. The van der Waals surface area contributed by atoms with Crippen molar-refractivity contribution in [2.75, 3.05) is 18.5 Å². The number of aliphatic carboxylic acids is 1. The van der Waals surface area contributed by atoms with Crippen LogP contribution in [0.25, 0.3) is 0 Å². The third-order valence-electron chi connectivity index (χ3n) is 2.97. The zero-order valence-corrected chi connectivity index (χ0v) is 11.5. The highest BCUT2D eigenvalue weighted by Crippen LogP contribution is 2.36. The number of carboxylic acid groups (broad SMARTS) is 1. The second-order valence-electron chi connectivity index (χ2n) is 4.27. The van der Waals surface area contributed by atoms with Crippen LogP contribution < -0.4 is 5.32 Å². The van der Waals surface area contributed by atoms with Crippen molar-refractivity contribution < 1.29 is 19.6 Å². The number of benzene rings is 1. The van der Waals surface area contributed by atoms with Crippen LogP contribution in [0.5, 0.6) is 0 Å². The van der Waals surface area contributed by atoms with Gasteiger partial charge in [-0.1, -0.05) is 23.2 Å². The fraction of sp³-hybridized carbons (Fsp3) is 0.364. The number of halogens is 2. The van der Waals surface area contributed by atoms with Crippen molar-refractivity contribution in [3.63, 3.8) is 0 Å². The van der Waals surface area contributed by atoms with E-state index in [1.165, 1.54) is 0 Å². The number of hydrogen-bond donors (Lipinski definition) is 2. The Morgan fingerprint density at radius 2 is 2.00 bits per heavy atom. The van der Waals surface area contributed by atoms with Gasteiger partial charge in [-0.3, -0.25) is 14.9 Å². The first-order chi connectivity index (χ1) is 9.40. The molecule has 1 fully saturated rings. The summed E-state index contributed by atoms with van der Waals surface area (Å²) in [6.07, 6.45) is 0. The van der Waals surface area contributed by atoms with Crippen molar-refractivity contribution in [3.05, 3.63) is 32.3 Å². The highest BCUT2D eigenvalue weighted by atomic mass is 35.5. The maximum Gasteiger partial charge on any atom is 0.311 e. The Hall–Kier alpha value is -1.57. The van der Waals surface area contributed by atoms with E-state index in [0.29, 0.717) is 0 Å². The topological polar surface area (TPSA) is 102 Å². The maximum absolute atomic E-state index is 11.0. The Kier molecular flexibility index (Phi) is 4.32. The first kappa shape index (κ1) is 14.8. The molecule has 1 aliphatic rings. The number of ether oxygens (including phenoxy) is 1. The molecule has 2 atom stereocenters. The van der Waals surface area contributed by atoms with Crippen molar-refractivity contribution in [2.45, 2.75) is 6.04 Å². The summed E-state index contributed by atoms with van der Waals surface area (Å²) in [7, 11) is 0. The molecule has 108 valence electrons. The quantitative estimate of drug-likeness (QED) is 0.652. The molecule has 0 aliphatic carbocycles. The molecule has 7 nitrogen and oxygen atoms in total. The average Bonchev–Trinajstić information content (AvgIpc) is 2.81. The Balaban J connectivity index is 2.25. The van der Waals surface area contributed by atoms with Crippen molar-refractivity contribution in [2.24, 2.45) is 5.92 Å². The molecule has 0 amide bonds. The number of rotatable bonds is 4. The van der Waals surface area contributed by atoms with E-state index in [-0.39, 0.29) is 34.6 Å². The summed E-state index contributed by atoms with van der Waals surface area (Å²) in [6.45, 7) is 0.288. The van der Waals surface area contributed by atoms with Crippen LogP contribution in [0, 0.1) is 16.0 Å². The molecule has 1 aliphatic heterocycles. The minimum Gasteiger partial charge on any atom is -0.481 e. The van der Waals surface area contributed by atoms with Gasteiger partial charge in [0, 0.05) is 12.1 Å². The minimum atomic E-state index is -0.992. The number of carbonyl (C=O) groups is 1. The highest BCUT2D eigenvalue weighted by Gasteiger charge is 2.34. The predicted molar refractivity (Wildman–Crippen MR) is 72.5 cm³/mol. The zero-order valence-electron chi connectivity index (χ0n) is 10.0. The Morgan fingerprint density at radius 3 is 2.50 bits per heavy atom. The molecular formula is C11H10Cl2N2O5. The molecule has 1 heterocycles. The number of non-ortho nitro benzene ring substituents is 1. The first-order valence-electron chi connectivity index (χ1n) is 5.60. The molecule has 1 aromatic carbocycles. The van der Waals surface area contributed by atoms with Crippen molar-refractivity contribution >= 4 is 40.5 Å². The third kappa shape index (κ3) is 2.95. The van der Waals surface area contributed by atoms with E-state index in [2.05, 4.69) is 5.32 Å². The number of nitrogens with one attached hydrogen (secondary N) is 1. The summed E-state index contributed by atoms with van der Waals surface area (Å²) < 4.78 is 5.11. The summed E-state index contributed by atoms with van der Waals surface area (Å²) in [5.74, 6) is -1.72. The van der Waals surface area contributed by atoms with Gasteiger partial charge < -0.3 is 15.2 Å². The van der Waals surface area contributed by atoms with Crippen LogP contribution in [0.1, 0.15) is 0 Å². The first-order valence-corrected chi connectivity index (χ1v) is 6.36. The molecule has 0 spiro atoms. The standard InChI is InChI=1S/C11H10Cl2N2O5/c12-7-1-5(15(18)19)2-8(13)10(7)14-9-4-20-3-6(9)11(16)17/h1-2,6,9,14H,3-4H2,(H,16,17). The van der Waals surface area contributed by atoms with Crippen LogP contribution in [0.15, 0.2) is 12.1 Å². The van der Waals surface area contributed by atoms with Crippen molar-refractivity contribution in [1.29, 1.82) is 0 Å². The second kappa shape index (κ2) is 5.82. The van der Waals surface area contributed by atoms with Crippen LogP contribution in [0.2, 0.25) is 10.0 Å². The number of nitro benzene ring substituents is 1. The van der Waals surface area contributed by atoms with Gasteiger partial charge >= 0.3 is 5.97 Å². The second-order valence-corrected chi connectivity index (χ2v) is 5.09. The van der Waals surface area contributed by atoms with Gasteiger partial charge in [0.1, 0.15) is 5.92 Å². The number of hydrogen-bond acceptors (Lipinski definition) is 5. The van der Waals surface area contributed by atoms with E-state index in [4.69, 9.17) is 33.0 Å². The van der Waals surface area contributed by atoms with Crippen LogP contribution >= 0.6 is 23.2 Å². The predicted octanol–water partition coefficient (Wildman–Crippen LogP) is 2.41. The maximum atomic E-state index is 11.0. The molecule has 0 bridgehead atoms. The third-order valence-corrected chi connectivity index (χ3v) is 3.56. The van der Waals surface area contributed by atoms with Crippen LogP contribution in [-0.4, -0.2) is 35.3 Å². The van der Waals surface area contributed by atoms with E-state index >= 15 is 0 Å². The molecular weight excluding hydrogens is 311 g/mol. The van der Waals surface area contributed by atoms with Crippen LogP contribution in [0.4, 0.5) is 11.4 Å². The van der Waals surface area contributed by atoms with E-state index in [9.17, 15) is 14.9 Å². The lowest BCUT2D eigenvalue weighted by Crippen LogP contribution is -2.33. The van der Waals surface area contributed by atoms with Crippen molar-refractivity contribution in [3.8, 4) is 0 Å². The smallest absolute Gasteiger partial charge is 0.311 e. The number of carboxylic acids is 1. The molecule has 2 rings (SSSR count). The molecule has 1 aromatic rings. The van der Waals surface area contributed by atoms with Gasteiger partial charge in [0.05, 0.1) is 39.9 Å². The van der Waals surface area contributed by atoms with Gasteiger partial charge in [-0.05, 0) is 0 Å². The number of nitrogens with zero attached hydrogens (tertiary/aromatic N) is 1. The summed E-state index contributed by atoms with van der Waals surface area (Å²) in [4.78, 5) is 21.1. The van der Waals surface area contributed by atoms with Gasteiger partial charge in [-0.15, -0.1) is 0 Å². The van der Waals surface area contributed by atoms with E-state index in [1.54, 1.807) is 0 Å². The normalized spacial score (nSPS) is 21.7. The van der Waals surface area contributed by atoms with Crippen LogP contribution in [-0.2, 0) is 9.53 Å². The molecule has 1 saturated heterocycles. The molecule has 20 heavy (non-hydrogen) atoms. The number of nitro groups is 1. The van der Waals surface area contributed by atoms with Crippen molar-refractivity contribution in [1.82, 2.24) is 0 Å². The van der Waals surface area contributed by atoms with Gasteiger partial charge in [0.2, 0.25) is 0 Å². The highest BCUT2D eigenvalue weighted by molar-refractivity contribution is 6.39. The molecule has 2 unspecified atom stereocenters. The van der Waals surface area contributed by atoms with Crippen LogP contribution in [0.3, 0.4) is 0 Å². The van der Waals surface area contributed by atoms with E-state index in [1.807, 2.05) is 0 Å². The lowest BCUT2D eigenvalue weighted by molar-refractivity contribution is -0.384. The average molecular weight is 321 g/mol. The number of anilines is 1. The minimum absolute atomic E-state index is 0.0558. The SMILES string of the molecule is O=C(O)C1COCC1Nc1c(Cl)cc([N+](=O)[O-])cc1Cl. The molecule has 0 radical (unpaired) electrons. The lowest BCUT2D eigenvalue weighted by atomic mass is 10.0. The molecule has 0 aromatic heterocycles. The van der Waals surface area contributed by atoms with E-state index < -0.39 is 22.9 Å². The Bertz CT molecular complexity index is 543. The van der Waals surface area contributed by atoms with Gasteiger partial charge in [0.25, 0.3) is 5.69 Å². The summed E-state index contributed by atoms with van der Waals surface area (Å²) in [5.41, 5.74) is 0.0312. The van der Waals surface area contributed by atoms with Gasteiger partial charge in [-0.25, -0.2) is 0 Å². The monoisotopic (exact) mass is 320 g/mol. The lowest BCUT2D eigenvalue weighted by Gasteiger charge is -2.18. The van der Waals surface area contributed by atoms with E-state index in [0.717, 1.165) is 12.1 Å². The summed E-state index contributed by atoms with van der Waals surface area (Å²) >= 11 is 11.9. The molecule has 0 saturated carbocycles. The Labute approximate surface area is 123 Å². The van der Waals surface area contributed by atoms with Gasteiger partial charge in [-0.2, -0.15) is 0 Å². The zero-order chi connectivity index (χ0) is 14.9. The fourth-order valence-corrected chi connectivity index (χ4v) is 2.51. The molecule has 2 N–H and O–H groups in total. The Morgan fingerprint density at radius 1 is 1.40 bits per heavy atom. The molecule has 9 heteroatoms. The summed E-state index contributed by atoms with van der Waals surface area (Å²) in [6, 6.07) is 1.81. The summed E-state index contributed by atoms with van der Waals surface area (Å²) in [5, 5.41) is 22.7. The van der Waals surface area contributed by atoms with Gasteiger partial charge in [0.15, 0.2) is 0 Å².